The fraction of sp³-hybridized carbons (Fsp3) is 0.478. The van der Waals surface area contributed by atoms with E-state index in [1.165, 1.54) is 56.1 Å². The molecule has 0 nitrogen and oxygen atoms in total. The van der Waals surface area contributed by atoms with Gasteiger partial charge in [-0.1, -0.05) is 93.8 Å². The summed E-state index contributed by atoms with van der Waals surface area (Å²) in [6, 6.07) is 21.8. The van der Waals surface area contributed by atoms with E-state index in [4.69, 9.17) is 0 Å². The zero-order valence-electron chi connectivity index (χ0n) is 14.7. The van der Waals surface area contributed by atoms with Crippen LogP contribution in [0, 0.1) is 0 Å². The Kier molecular flexibility index (Phi) is 4.90. The minimum Gasteiger partial charge on any atom is -0.0622 e. The van der Waals surface area contributed by atoms with Crippen molar-refractivity contribution in [2.24, 2.45) is 0 Å². The first-order valence-corrected chi connectivity index (χ1v) is 9.24. The van der Waals surface area contributed by atoms with Gasteiger partial charge in [0.2, 0.25) is 0 Å². The van der Waals surface area contributed by atoms with Gasteiger partial charge >= 0.3 is 0 Å². The molecule has 0 aliphatic heterocycles. The van der Waals surface area contributed by atoms with Crippen molar-refractivity contribution < 1.29 is 0 Å². The molecule has 0 heteroatoms. The zero-order chi connectivity index (χ0) is 16.2. The molecule has 23 heavy (non-hydrogen) atoms. The first kappa shape index (κ1) is 16.3. The van der Waals surface area contributed by atoms with E-state index in [1.54, 1.807) is 0 Å². The van der Waals surface area contributed by atoms with Crippen molar-refractivity contribution in [3.05, 3.63) is 71.8 Å². The molecule has 0 unspecified atom stereocenters. The normalized spacial score (nSPS) is 21.0. The lowest BCUT2D eigenvalue weighted by molar-refractivity contribution is 0.319. The van der Waals surface area contributed by atoms with E-state index in [9.17, 15) is 0 Å². The Hall–Kier alpha value is -1.56. The van der Waals surface area contributed by atoms with E-state index in [0.717, 1.165) is 0 Å². The molecule has 2 aromatic rings. The molecule has 2 aliphatic rings. The number of rotatable bonds is 2. The zero-order valence-corrected chi connectivity index (χ0v) is 14.7. The maximum absolute atomic E-state index is 2.42. The largest absolute Gasteiger partial charge is 0.0622 e. The van der Waals surface area contributed by atoms with Gasteiger partial charge in [0, 0.05) is 0 Å². The molecule has 0 N–H and O–H groups in total. The van der Waals surface area contributed by atoms with Crippen LogP contribution in [0.3, 0.4) is 0 Å². The van der Waals surface area contributed by atoms with Crippen molar-refractivity contribution in [3.8, 4) is 0 Å². The number of hydrogen-bond acceptors (Lipinski definition) is 0. The van der Waals surface area contributed by atoms with Gasteiger partial charge in [-0.3, -0.25) is 0 Å². The molecule has 0 saturated heterocycles. The van der Waals surface area contributed by atoms with Gasteiger partial charge in [-0.15, -0.1) is 0 Å². The van der Waals surface area contributed by atoms with Gasteiger partial charge in [0.25, 0.3) is 0 Å². The van der Waals surface area contributed by atoms with Gasteiger partial charge in [-0.05, 0) is 47.6 Å². The summed E-state index contributed by atoms with van der Waals surface area (Å²) < 4.78 is 0. The van der Waals surface area contributed by atoms with Crippen molar-refractivity contribution in [1.82, 2.24) is 0 Å². The molecule has 0 amide bonds. The molecule has 0 aromatic heterocycles. The van der Waals surface area contributed by atoms with E-state index in [1.807, 2.05) is 0 Å². The van der Waals surface area contributed by atoms with Crippen LogP contribution in [-0.4, -0.2) is 0 Å². The van der Waals surface area contributed by atoms with Crippen molar-refractivity contribution >= 4 is 0 Å². The Labute approximate surface area is 141 Å². The topological polar surface area (TPSA) is 0 Å². The van der Waals surface area contributed by atoms with Gasteiger partial charge in [0.15, 0.2) is 0 Å². The summed E-state index contributed by atoms with van der Waals surface area (Å²) in [6.45, 7) is 4.75. The molecular weight excluding hydrogens is 276 g/mol. The monoisotopic (exact) mass is 306 g/mol. The summed E-state index contributed by atoms with van der Waals surface area (Å²) in [5.74, 6) is 0. The Bertz CT molecular complexity index is 586. The molecule has 4 rings (SSSR count). The fourth-order valence-electron chi connectivity index (χ4n) is 3.78. The quantitative estimate of drug-likeness (QED) is 0.583. The summed E-state index contributed by atoms with van der Waals surface area (Å²) >= 11 is 0. The number of hydrogen-bond donors (Lipinski definition) is 0. The summed E-state index contributed by atoms with van der Waals surface area (Å²) in [5.41, 5.74) is 4.06. The molecule has 0 radical (unpaired) electrons. The van der Waals surface area contributed by atoms with Crippen molar-refractivity contribution in [2.45, 2.75) is 69.6 Å². The highest BCUT2D eigenvalue weighted by Crippen LogP contribution is 2.47. The molecule has 2 aromatic carbocycles. The van der Waals surface area contributed by atoms with Crippen LogP contribution >= 0.6 is 0 Å². The molecular formula is C23H30. The van der Waals surface area contributed by atoms with E-state index >= 15 is 0 Å². The van der Waals surface area contributed by atoms with Gasteiger partial charge in [-0.25, -0.2) is 0 Å². The van der Waals surface area contributed by atoms with Gasteiger partial charge in [0.05, 0.1) is 0 Å². The molecule has 2 saturated carbocycles. The Balaban J connectivity index is 0.000000140. The van der Waals surface area contributed by atoms with Crippen LogP contribution in [0.25, 0.3) is 0 Å². The maximum atomic E-state index is 2.42. The smallest absolute Gasteiger partial charge is 0.00746 e. The summed E-state index contributed by atoms with van der Waals surface area (Å²) in [7, 11) is 0. The van der Waals surface area contributed by atoms with E-state index in [2.05, 4.69) is 74.5 Å². The second-order valence-electron chi connectivity index (χ2n) is 7.91. The van der Waals surface area contributed by atoms with Crippen molar-refractivity contribution in [1.29, 1.82) is 0 Å². The van der Waals surface area contributed by atoms with Crippen LogP contribution < -0.4 is 0 Å². The highest BCUT2D eigenvalue weighted by atomic mass is 14.4. The Morgan fingerprint density at radius 3 is 1.30 bits per heavy atom. The third kappa shape index (κ3) is 4.05. The summed E-state index contributed by atoms with van der Waals surface area (Å²) in [5, 5.41) is 0. The van der Waals surface area contributed by atoms with E-state index < -0.39 is 0 Å². The van der Waals surface area contributed by atoms with Crippen molar-refractivity contribution in [2.75, 3.05) is 0 Å². The Morgan fingerprint density at radius 1 is 0.522 bits per heavy atom. The lowest BCUT2D eigenvalue weighted by Crippen LogP contribution is -2.24. The lowest BCUT2D eigenvalue weighted by Gasteiger charge is -2.34. The molecule has 0 bridgehead atoms. The predicted molar refractivity (Wildman–Crippen MR) is 99.9 cm³/mol. The molecule has 0 spiro atoms. The van der Waals surface area contributed by atoms with Crippen LogP contribution in [0.2, 0.25) is 0 Å². The molecule has 122 valence electrons. The summed E-state index contributed by atoms with van der Waals surface area (Å²) in [6.07, 6.45) is 9.74. The minimum atomic E-state index is 0.472. The second kappa shape index (κ2) is 6.91. The first-order valence-electron chi connectivity index (χ1n) is 9.24. The van der Waals surface area contributed by atoms with Gasteiger partial charge in [0.1, 0.15) is 0 Å². The highest BCUT2D eigenvalue weighted by Gasteiger charge is 2.38. The van der Waals surface area contributed by atoms with Crippen LogP contribution in [-0.2, 0) is 10.8 Å². The van der Waals surface area contributed by atoms with Crippen LogP contribution in [0.1, 0.15) is 69.9 Å². The van der Waals surface area contributed by atoms with E-state index in [0.29, 0.717) is 10.8 Å². The summed E-state index contributed by atoms with van der Waals surface area (Å²) in [4.78, 5) is 0. The molecule has 0 heterocycles. The van der Waals surface area contributed by atoms with Crippen molar-refractivity contribution in [3.63, 3.8) is 0 Å². The molecule has 2 aliphatic carbocycles. The highest BCUT2D eigenvalue weighted by molar-refractivity contribution is 5.29. The minimum absolute atomic E-state index is 0.472. The average Bonchev–Trinajstić information content (AvgIpc) is 3.37. The predicted octanol–water partition coefficient (Wildman–Crippen LogP) is 6.65. The first-order chi connectivity index (χ1) is 11.1. The second-order valence-corrected chi connectivity index (χ2v) is 7.91. The van der Waals surface area contributed by atoms with E-state index in [-0.39, 0.29) is 0 Å². The average molecular weight is 306 g/mol. The number of benzene rings is 2. The molecule has 0 atom stereocenters. The Morgan fingerprint density at radius 2 is 0.913 bits per heavy atom. The van der Waals surface area contributed by atoms with Crippen LogP contribution in [0.4, 0.5) is 0 Å². The third-order valence-electron chi connectivity index (χ3n) is 5.90. The SMILES string of the molecule is CC1(c2ccccc2)CC1.CC1(c2ccccc2)CCCCC1. The third-order valence-corrected chi connectivity index (χ3v) is 5.90. The fourth-order valence-corrected chi connectivity index (χ4v) is 3.78. The van der Waals surface area contributed by atoms with Crippen LogP contribution in [0.5, 0.6) is 0 Å². The van der Waals surface area contributed by atoms with Crippen LogP contribution in [0.15, 0.2) is 60.7 Å². The van der Waals surface area contributed by atoms with Gasteiger partial charge in [-0.2, -0.15) is 0 Å². The maximum Gasteiger partial charge on any atom is -0.00746 e. The lowest BCUT2D eigenvalue weighted by atomic mass is 9.71. The van der Waals surface area contributed by atoms with Gasteiger partial charge < -0.3 is 0 Å². The molecule has 2 fully saturated rings. The standard InChI is InChI=1S/C13H18.C10H12/c1-13(10-6-3-7-11-13)12-8-4-2-5-9-12;1-10(7-8-10)9-5-3-2-4-6-9/h2,4-5,8-9H,3,6-7,10-11H2,1H3;2-6H,7-8H2,1H3.